The molecule has 0 saturated carbocycles. The second-order valence-electron chi connectivity index (χ2n) is 4.79. The summed E-state index contributed by atoms with van der Waals surface area (Å²) < 4.78 is 5.49. The van der Waals surface area contributed by atoms with Crippen LogP contribution in [0.15, 0.2) is 29.4 Å². The van der Waals surface area contributed by atoms with Crippen molar-refractivity contribution >= 4 is 11.8 Å². The fourth-order valence-electron chi connectivity index (χ4n) is 1.76. The highest BCUT2D eigenvalue weighted by molar-refractivity contribution is 7.99. The zero-order chi connectivity index (χ0) is 14.4. The van der Waals surface area contributed by atoms with E-state index in [0.29, 0.717) is 0 Å². The summed E-state index contributed by atoms with van der Waals surface area (Å²) in [6, 6.07) is 8.41. The molecule has 2 rings (SSSR count). The molecule has 0 atom stereocenters. The van der Waals surface area contributed by atoms with Gasteiger partial charge in [0.2, 0.25) is 5.16 Å². The van der Waals surface area contributed by atoms with Crippen LogP contribution >= 0.6 is 11.8 Å². The number of benzene rings is 1. The lowest BCUT2D eigenvalue weighted by Gasteiger charge is -2.05. The van der Waals surface area contributed by atoms with Crippen LogP contribution in [0.5, 0.6) is 0 Å². The normalized spacial score (nSPS) is 11.2. The summed E-state index contributed by atoms with van der Waals surface area (Å²) in [7, 11) is 0. The third-order valence-electron chi connectivity index (χ3n) is 2.87. The van der Waals surface area contributed by atoms with Crippen LogP contribution in [0.3, 0.4) is 0 Å². The van der Waals surface area contributed by atoms with E-state index >= 15 is 0 Å². The average Bonchev–Trinajstić information content (AvgIpc) is 2.92. The number of H-pyrrole nitrogens is 1. The van der Waals surface area contributed by atoms with E-state index in [9.17, 15) is 0 Å². The minimum atomic E-state index is 0.274. The van der Waals surface area contributed by atoms with Crippen molar-refractivity contribution in [3.05, 3.63) is 29.8 Å². The van der Waals surface area contributed by atoms with Gasteiger partial charge >= 0.3 is 0 Å². The fraction of sp³-hybridized carbons (Fsp3) is 0.467. The van der Waals surface area contributed by atoms with Gasteiger partial charge in [-0.15, -0.1) is 5.10 Å². The summed E-state index contributed by atoms with van der Waals surface area (Å²) in [5.41, 5.74) is 2.40. The maximum Gasteiger partial charge on any atom is 0.208 e. The van der Waals surface area contributed by atoms with Crippen molar-refractivity contribution in [2.45, 2.75) is 38.5 Å². The number of nitrogens with zero attached hydrogens (tertiary/aromatic N) is 2. The van der Waals surface area contributed by atoms with Gasteiger partial charge in [0.25, 0.3) is 0 Å². The third-order valence-corrected chi connectivity index (χ3v) is 3.68. The number of thioether (sulfide) groups is 1. The number of rotatable bonds is 7. The van der Waals surface area contributed by atoms with Gasteiger partial charge < -0.3 is 4.74 Å². The molecule has 1 aromatic carbocycles. The maximum absolute atomic E-state index is 5.49. The lowest BCUT2D eigenvalue weighted by atomic mass is 10.1. The zero-order valence-electron chi connectivity index (χ0n) is 12.2. The van der Waals surface area contributed by atoms with Gasteiger partial charge in [-0.2, -0.15) is 0 Å². The summed E-state index contributed by atoms with van der Waals surface area (Å²) in [6.45, 7) is 6.94. The molecule has 1 N–H and O–H groups in total. The van der Waals surface area contributed by atoms with E-state index in [2.05, 4.69) is 46.4 Å². The van der Waals surface area contributed by atoms with E-state index in [1.54, 1.807) is 11.8 Å². The van der Waals surface area contributed by atoms with E-state index in [0.717, 1.165) is 35.3 Å². The summed E-state index contributed by atoms with van der Waals surface area (Å²) >= 11 is 1.61. The number of ether oxygens (including phenoxy) is 1. The summed E-state index contributed by atoms with van der Waals surface area (Å²) in [5.74, 6) is 1.68. The van der Waals surface area contributed by atoms with Crippen molar-refractivity contribution in [1.29, 1.82) is 0 Å². The van der Waals surface area contributed by atoms with Gasteiger partial charge in [-0.25, -0.2) is 4.98 Å². The first kappa shape index (κ1) is 15.1. The molecule has 0 aliphatic heterocycles. The Balaban J connectivity index is 1.90. The lowest BCUT2D eigenvalue weighted by molar-refractivity contribution is 0.0920. The molecule has 108 valence electrons. The number of aryl methyl sites for hydroxylation is 1. The average molecular weight is 291 g/mol. The molecule has 4 nitrogen and oxygen atoms in total. The van der Waals surface area contributed by atoms with E-state index in [1.807, 2.05) is 13.8 Å². The highest BCUT2D eigenvalue weighted by Gasteiger charge is 2.06. The molecule has 0 fully saturated rings. The molecule has 0 aliphatic carbocycles. The van der Waals surface area contributed by atoms with Crippen molar-refractivity contribution in [3.63, 3.8) is 0 Å². The minimum Gasteiger partial charge on any atom is -0.378 e. The summed E-state index contributed by atoms with van der Waals surface area (Å²) in [4.78, 5) is 4.49. The number of nitrogens with one attached hydrogen (secondary N) is 1. The maximum atomic E-state index is 5.49. The van der Waals surface area contributed by atoms with E-state index in [-0.39, 0.29) is 6.10 Å². The van der Waals surface area contributed by atoms with Gasteiger partial charge in [0, 0.05) is 11.3 Å². The molecule has 0 aliphatic rings. The number of hydrogen-bond donors (Lipinski definition) is 1. The molecule has 2 aromatic rings. The first-order chi connectivity index (χ1) is 9.69. The predicted octanol–water partition coefficient (Wildman–Crippen LogP) is 3.55. The Morgan fingerprint density at radius 2 is 2.00 bits per heavy atom. The van der Waals surface area contributed by atoms with Crippen LogP contribution in [0.4, 0.5) is 0 Å². The molecule has 1 heterocycles. The molecular formula is C15H21N3OS. The Morgan fingerprint density at radius 3 is 2.65 bits per heavy atom. The van der Waals surface area contributed by atoms with Crippen LogP contribution in [-0.4, -0.2) is 33.6 Å². The highest BCUT2D eigenvalue weighted by Crippen LogP contribution is 2.19. The summed E-state index contributed by atoms with van der Waals surface area (Å²) in [5, 5.41) is 7.98. The quantitative estimate of drug-likeness (QED) is 0.626. The Bertz CT molecular complexity index is 522. The topological polar surface area (TPSA) is 50.8 Å². The molecule has 20 heavy (non-hydrogen) atoms. The van der Waals surface area contributed by atoms with Gasteiger partial charge in [0.15, 0.2) is 5.82 Å². The third kappa shape index (κ3) is 4.35. The Hall–Kier alpha value is -1.33. The van der Waals surface area contributed by atoms with E-state index in [4.69, 9.17) is 4.74 Å². The molecule has 1 aromatic heterocycles. The van der Waals surface area contributed by atoms with Crippen LogP contribution in [-0.2, 0) is 11.2 Å². The van der Waals surface area contributed by atoms with Crippen LogP contribution < -0.4 is 0 Å². The molecular weight excluding hydrogens is 270 g/mol. The molecule has 5 heteroatoms. The molecule has 0 saturated heterocycles. The molecule has 0 bridgehead atoms. The predicted molar refractivity (Wildman–Crippen MR) is 83.0 cm³/mol. The smallest absolute Gasteiger partial charge is 0.208 e. The first-order valence-electron chi connectivity index (χ1n) is 6.95. The van der Waals surface area contributed by atoms with Crippen LogP contribution in [0.25, 0.3) is 11.4 Å². The van der Waals surface area contributed by atoms with Crippen molar-refractivity contribution in [2.75, 3.05) is 12.4 Å². The standard InChI is InChI=1S/C15H21N3OS/c1-4-12-5-7-13(8-6-12)14-16-15(18-17-14)20-10-9-19-11(2)3/h5-8,11H,4,9-10H2,1-3H3,(H,16,17,18). The second-order valence-corrected chi connectivity index (χ2v) is 5.85. The van der Waals surface area contributed by atoms with Gasteiger partial charge in [-0.1, -0.05) is 43.0 Å². The molecule has 0 spiro atoms. The molecule has 0 radical (unpaired) electrons. The molecule has 0 amide bonds. The van der Waals surface area contributed by atoms with Crippen molar-refractivity contribution < 1.29 is 4.74 Å². The molecule has 0 unspecified atom stereocenters. The fourth-order valence-corrected chi connectivity index (χ4v) is 2.38. The van der Waals surface area contributed by atoms with Crippen LogP contribution in [0.2, 0.25) is 0 Å². The van der Waals surface area contributed by atoms with Crippen LogP contribution in [0, 0.1) is 0 Å². The Morgan fingerprint density at radius 1 is 1.25 bits per heavy atom. The lowest BCUT2D eigenvalue weighted by Crippen LogP contribution is -2.05. The number of hydrogen-bond acceptors (Lipinski definition) is 4. The van der Waals surface area contributed by atoms with Gasteiger partial charge in [-0.3, -0.25) is 5.10 Å². The number of aromatic amines is 1. The van der Waals surface area contributed by atoms with E-state index < -0.39 is 0 Å². The van der Waals surface area contributed by atoms with Gasteiger partial charge in [-0.05, 0) is 25.8 Å². The van der Waals surface area contributed by atoms with Crippen molar-refractivity contribution in [2.24, 2.45) is 0 Å². The Kier molecular flexibility index (Phi) is 5.61. The minimum absolute atomic E-state index is 0.274. The first-order valence-corrected chi connectivity index (χ1v) is 7.93. The van der Waals surface area contributed by atoms with Gasteiger partial charge in [0.1, 0.15) is 0 Å². The second kappa shape index (κ2) is 7.45. The summed E-state index contributed by atoms with van der Waals surface area (Å²) in [6.07, 6.45) is 1.32. The largest absolute Gasteiger partial charge is 0.378 e. The highest BCUT2D eigenvalue weighted by atomic mass is 32.2. The van der Waals surface area contributed by atoms with Crippen molar-refractivity contribution in [3.8, 4) is 11.4 Å². The van der Waals surface area contributed by atoms with Crippen LogP contribution in [0.1, 0.15) is 26.3 Å². The van der Waals surface area contributed by atoms with Gasteiger partial charge in [0.05, 0.1) is 12.7 Å². The number of aromatic nitrogens is 3. The zero-order valence-corrected chi connectivity index (χ0v) is 13.0. The monoisotopic (exact) mass is 291 g/mol. The van der Waals surface area contributed by atoms with E-state index in [1.165, 1.54) is 5.56 Å². The SMILES string of the molecule is CCc1ccc(-c2nc(SCCOC(C)C)n[nH]2)cc1. The Labute approximate surface area is 124 Å². The van der Waals surface area contributed by atoms with Crippen molar-refractivity contribution in [1.82, 2.24) is 15.2 Å².